The van der Waals surface area contributed by atoms with Crippen molar-refractivity contribution in [3.63, 3.8) is 0 Å². The summed E-state index contributed by atoms with van der Waals surface area (Å²) in [7, 11) is 0. The van der Waals surface area contributed by atoms with Crippen LogP contribution in [0.25, 0.3) is 0 Å². The van der Waals surface area contributed by atoms with Gasteiger partial charge in [0.25, 0.3) is 5.91 Å². The van der Waals surface area contributed by atoms with Crippen molar-refractivity contribution in [1.29, 1.82) is 0 Å². The number of amides is 1. The molecule has 0 saturated heterocycles. The summed E-state index contributed by atoms with van der Waals surface area (Å²) in [4.78, 5) is 12.1. The minimum atomic E-state index is -0.524. The number of thiophene rings is 1. The van der Waals surface area contributed by atoms with Gasteiger partial charge < -0.3 is 11.1 Å². The zero-order chi connectivity index (χ0) is 14.0. The molecule has 1 atom stereocenters. The van der Waals surface area contributed by atoms with E-state index in [2.05, 4.69) is 5.32 Å². The van der Waals surface area contributed by atoms with Gasteiger partial charge in [-0.3, -0.25) is 4.79 Å². The second kappa shape index (κ2) is 5.40. The van der Waals surface area contributed by atoms with Crippen molar-refractivity contribution in [1.82, 2.24) is 5.32 Å². The quantitative estimate of drug-likeness (QED) is 0.847. The molecule has 0 bridgehead atoms. The van der Waals surface area contributed by atoms with Crippen LogP contribution < -0.4 is 11.1 Å². The number of carbonyl (C=O) groups is 1. The molecule has 19 heavy (non-hydrogen) atoms. The molecule has 3 N–H and O–H groups in total. The maximum atomic E-state index is 13.9. The number of halogens is 1. The fourth-order valence-electron chi connectivity index (χ4n) is 1.84. The van der Waals surface area contributed by atoms with Crippen LogP contribution in [0.3, 0.4) is 0 Å². The number of benzene rings is 1. The number of hydrogen-bond donors (Lipinski definition) is 2. The summed E-state index contributed by atoms with van der Waals surface area (Å²) in [6, 6.07) is 4.63. The largest absolute Gasteiger partial charge is 0.399 e. The lowest BCUT2D eigenvalue weighted by molar-refractivity contribution is 0.0935. The van der Waals surface area contributed by atoms with E-state index in [9.17, 15) is 9.18 Å². The van der Waals surface area contributed by atoms with Crippen LogP contribution >= 0.6 is 11.3 Å². The Morgan fingerprint density at radius 2 is 2.21 bits per heavy atom. The predicted octanol–water partition coefficient (Wildman–Crippen LogP) is 3.27. The zero-order valence-electron chi connectivity index (χ0n) is 10.7. The number of aryl methyl sites for hydroxylation is 1. The smallest absolute Gasteiger partial charge is 0.254 e. The summed E-state index contributed by atoms with van der Waals surface area (Å²) in [5, 5.41) is 6.65. The topological polar surface area (TPSA) is 55.1 Å². The third-order valence-corrected chi connectivity index (χ3v) is 3.61. The van der Waals surface area contributed by atoms with Gasteiger partial charge in [0.1, 0.15) is 5.82 Å². The average Bonchev–Trinajstić information content (AvgIpc) is 2.87. The van der Waals surface area contributed by atoms with Gasteiger partial charge in [-0.2, -0.15) is 11.3 Å². The summed E-state index contributed by atoms with van der Waals surface area (Å²) in [5.74, 6) is -0.976. The molecule has 0 aliphatic heterocycles. The number of hydrogen-bond acceptors (Lipinski definition) is 3. The minimum Gasteiger partial charge on any atom is -0.399 e. The summed E-state index contributed by atoms with van der Waals surface area (Å²) >= 11 is 1.55. The molecular formula is C14H15FN2OS. The summed E-state index contributed by atoms with van der Waals surface area (Å²) in [6.07, 6.45) is 0. The van der Waals surface area contributed by atoms with Crippen molar-refractivity contribution in [2.24, 2.45) is 0 Å². The third-order valence-electron chi connectivity index (χ3n) is 2.91. The van der Waals surface area contributed by atoms with E-state index in [-0.39, 0.29) is 11.6 Å². The second-order valence-electron chi connectivity index (χ2n) is 4.45. The van der Waals surface area contributed by atoms with E-state index < -0.39 is 11.7 Å². The van der Waals surface area contributed by atoms with Gasteiger partial charge in [0.05, 0.1) is 11.6 Å². The van der Waals surface area contributed by atoms with Gasteiger partial charge in [0.2, 0.25) is 0 Å². The van der Waals surface area contributed by atoms with Gasteiger partial charge in [0.15, 0.2) is 0 Å². The second-order valence-corrected chi connectivity index (χ2v) is 5.23. The molecule has 1 heterocycles. The molecule has 100 valence electrons. The molecular weight excluding hydrogens is 263 g/mol. The molecule has 1 amide bonds. The molecule has 0 spiro atoms. The first-order chi connectivity index (χ1) is 8.99. The Hall–Kier alpha value is -1.88. The van der Waals surface area contributed by atoms with Crippen molar-refractivity contribution in [2.45, 2.75) is 19.9 Å². The monoisotopic (exact) mass is 278 g/mol. The van der Waals surface area contributed by atoms with Crippen molar-refractivity contribution in [2.75, 3.05) is 5.73 Å². The lowest BCUT2D eigenvalue weighted by atomic mass is 10.1. The van der Waals surface area contributed by atoms with E-state index in [1.54, 1.807) is 18.3 Å². The molecule has 1 unspecified atom stereocenters. The summed E-state index contributed by atoms with van der Waals surface area (Å²) < 4.78 is 13.9. The number of rotatable bonds is 3. The summed E-state index contributed by atoms with van der Waals surface area (Å²) in [5.41, 5.74) is 7.38. The highest BCUT2D eigenvalue weighted by molar-refractivity contribution is 7.07. The van der Waals surface area contributed by atoms with Crippen molar-refractivity contribution >= 4 is 22.9 Å². The maximum absolute atomic E-state index is 13.9. The first-order valence-electron chi connectivity index (χ1n) is 5.87. The zero-order valence-corrected chi connectivity index (χ0v) is 11.6. The molecule has 1 aromatic carbocycles. The fourth-order valence-corrected chi connectivity index (χ4v) is 2.60. The Morgan fingerprint density at radius 3 is 2.84 bits per heavy atom. The van der Waals surface area contributed by atoms with Crippen molar-refractivity contribution in [3.8, 4) is 0 Å². The van der Waals surface area contributed by atoms with Gasteiger partial charge >= 0.3 is 0 Å². The Labute approximate surface area is 115 Å². The van der Waals surface area contributed by atoms with Crippen LogP contribution in [-0.2, 0) is 0 Å². The standard InChI is InChI=1S/C14H15FN2OS/c1-8-5-11(16)6-12(13(8)15)14(18)17-9(2)10-3-4-19-7-10/h3-7,9H,16H2,1-2H3,(H,17,18). The average molecular weight is 278 g/mol. The van der Waals surface area contributed by atoms with Crippen LogP contribution in [0.1, 0.15) is 34.5 Å². The van der Waals surface area contributed by atoms with E-state index in [0.29, 0.717) is 11.3 Å². The van der Waals surface area contributed by atoms with Crippen LogP contribution in [0.5, 0.6) is 0 Å². The molecule has 0 fully saturated rings. The normalized spacial score (nSPS) is 12.2. The predicted molar refractivity (Wildman–Crippen MR) is 75.7 cm³/mol. The Kier molecular flexibility index (Phi) is 3.85. The van der Waals surface area contributed by atoms with Crippen molar-refractivity contribution in [3.05, 3.63) is 51.5 Å². The molecule has 0 aliphatic rings. The third kappa shape index (κ3) is 2.93. The first-order valence-corrected chi connectivity index (χ1v) is 6.82. The highest BCUT2D eigenvalue weighted by Gasteiger charge is 2.17. The van der Waals surface area contributed by atoms with Crippen LogP contribution in [0.2, 0.25) is 0 Å². The van der Waals surface area contributed by atoms with Crippen LogP contribution in [0, 0.1) is 12.7 Å². The van der Waals surface area contributed by atoms with Crippen LogP contribution in [0.4, 0.5) is 10.1 Å². The molecule has 0 saturated carbocycles. The first kappa shape index (κ1) is 13.5. The van der Waals surface area contributed by atoms with Gasteiger partial charge in [-0.05, 0) is 53.9 Å². The van der Waals surface area contributed by atoms with Crippen LogP contribution in [-0.4, -0.2) is 5.91 Å². The molecule has 0 aliphatic carbocycles. The number of nitrogens with one attached hydrogen (secondary N) is 1. The lowest BCUT2D eigenvalue weighted by Gasteiger charge is -2.14. The highest BCUT2D eigenvalue weighted by atomic mass is 32.1. The Morgan fingerprint density at radius 1 is 1.47 bits per heavy atom. The van der Waals surface area contributed by atoms with Crippen LogP contribution in [0.15, 0.2) is 29.0 Å². The Bertz CT molecular complexity index is 596. The van der Waals surface area contributed by atoms with Gasteiger partial charge in [-0.25, -0.2) is 4.39 Å². The molecule has 1 aromatic heterocycles. The van der Waals surface area contributed by atoms with Gasteiger partial charge in [-0.15, -0.1) is 0 Å². The molecule has 5 heteroatoms. The highest BCUT2D eigenvalue weighted by Crippen LogP contribution is 2.20. The molecule has 3 nitrogen and oxygen atoms in total. The Balaban J connectivity index is 2.21. The summed E-state index contributed by atoms with van der Waals surface area (Å²) in [6.45, 7) is 3.45. The van der Waals surface area contributed by atoms with E-state index in [1.807, 2.05) is 23.8 Å². The van der Waals surface area contributed by atoms with E-state index in [4.69, 9.17) is 5.73 Å². The van der Waals surface area contributed by atoms with Crippen molar-refractivity contribution < 1.29 is 9.18 Å². The van der Waals surface area contributed by atoms with E-state index in [0.717, 1.165) is 5.56 Å². The lowest BCUT2D eigenvalue weighted by Crippen LogP contribution is -2.27. The minimum absolute atomic E-state index is 0.0143. The SMILES string of the molecule is Cc1cc(N)cc(C(=O)NC(C)c2ccsc2)c1F. The number of anilines is 1. The van der Waals surface area contributed by atoms with Gasteiger partial charge in [0, 0.05) is 5.69 Å². The maximum Gasteiger partial charge on any atom is 0.254 e. The van der Waals surface area contributed by atoms with E-state index >= 15 is 0 Å². The molecule has 2 rings (SSSR count). The fraction of sp³-hybridized carbons (Fsp3) is 0.214. The van der Waals surface area contributed by atoms with E-state index in [1.165, 1.54) is 12.1 Å². The van der Waals surface area contributed by atoms with Gasteiger partial charge in [-0.1, -0.05) is 0 Å². The number of carbonyl (C=O) groups excluding carboxylic acids is 1. The number of nitrogen functional groups attached to an aromatic ring is 1. The number of nitrogens with two attached hydrogens (primary N) is 1. The molecule has 0 radical (unpaired) electrons. The molecule has 2 aromatic rings.